The largest absolute Gasteiger partial charge is 0.497 e. The van der Waals surface area contributed by atoms with E-state index in [1.807, 2.05) is 37.3 Å². The van der Waals surface area contributed by atoms with E-state index < -0.39 is 0 Å². The normalized spacial score (nSPS) is 11.2. The molecular formula is C22H21N5O3S. The van der Waals surface area contributed by atoms with Gasteiger partial charge in [0.05, 0.1) is 25.6 Å². The predicted octanol–water partition coefficient (Wildman–Crippen LogP) is 5.34. The number of H-pyrrole nitrogens is 1. The number of azo groups is 1. The highest BCUT2D eigenvalue weighted by molar-refractivity contribution is 7.14. The molecule has 8 nitrogen and oxygen atoms in total. The molecule has 0 aliphatic rings. The summed E-state index contributed by atoms with van der Waals surface area (Å²) in [5, 5.41) is 12.0. The first-order chi connectivity index (χ1) is 15.0. The Morgan fingerprint density at radius 1 is 1.03 bits per heavy atom. The maximum absolute atomic E-state index is 13.0. The number of methoxy groups -OCH3 is 2. The monoisotopic (exact) mass is 435 g/mol. The fourth-order valence-corrected chi connectivity index (χ4v) is 3.99. The fourth-order valence-electron chi connectivity index (χ4n) is 3.10. The lowest BCUT2D eigenvalue weighted by Gasteiger charge is -2.05. The lowest BCUT2D eigenvalue weighted by atomic mass is 10.1. The molecule has 2 heterocycles. The van der Waals surface area contributed by atoms with E-state index in [1.165, 1.54) is 23.1 Å². The van der Waals surface area contributed by atoms with Crippen LogP contribution in [0.5, 0.6) is 11.5 Å². The van der Waals surface area contributed by atoms with Gasteiger partial charge in [-0.05, 0) is 26.0 Å². The molecule has 0 bridgehead atoms. The Hall–Kier alpha value is -3.72. The number of hydrogen-bond acceptors (Lipinski definition) is 7. The molecule has 0 spiro atoms. The highest BCUT2D eigenvalue weighted by Crippen LogP contribution is 2.33. The van der Waals surface area contributed by atoms with Crippen molar-refractivity contribution in [1.29, 1.82) is 0 Å². The highest BCUT2D eigenvalue weighted by atomic mass is 32.1. The Bertz CT molecular complexity index is 1300. The Balaban J connectivity index is 1.70. The zero-order valence-electron chi connectivity index (χ0n) is 17.5. The maximum atomic E-state index is 13.0. The molecule has 0 saturated heterocycles. The van der Waals surface area contributed by atoms with E-state index in [0.717, 1.165) is 16.1 Å². The third-order valence-corrected chi connectivity index (χ3v) is 5.66. The van der Waals surface area contributed by atoms with Crippen molar-refractivity contribution in [3.63, 3.8) is 0 Å². The molecule has 2 aromatic carbocycles. The topological polar surface area (TPSA) is 93.9 Å². The molecule has 4 rings (SSSR count). The van der Waals surface area contributed by atoms with Gasteiger partial charge in [-0.1, -0.05) is 41.7 Å². The molecule has 0 aliphatic carbocycles. The summed E-state index contributed by atoms with van der Waals surface area (Å²) in [5.41, 5.74) is 2.84. The fraction of sp³-hybridized carbons (Fsp3) is 0.182. The van der Waals surface area contributed by atoms with Crippen LogP contribution in [-0.4, -0.2) is 29.0 Å². The number of benzene rings is 2. The number of aromatic amines is 1. The highest BCUT2D eigenvalue weighted by Gasteiger charge is 2.17. The lowest BCUT2D eigenvalue weighted by Crippen LogP contribution is -2.13. The molecule has 1 N–H and O–H groups in total. The van der Waals surface area contributed by atoms with Gasteiger partial charge < -0.3 is 9.47 Å². The minimum Gasteiger partial charge on any atom is -0.497 e. The van der Waals surface area contributed by atoms with Crippen molar-refractivity contribution in [2.24, 2.45) is 10.2 Å². The summed E-state index contributed by atoms with van der Waals surface area (Å²) < 4.78 is 11.9. The lowest BCUT2D eigenvalue weighted by molar-refractivity contribution is 0.395. The quantitative estimate of drug-likeness (QED) is 0.414. The van der Waals surface area contributed by atoms with Crippen molar-refractivity contribution in [2.45, 2.75) is 13.8 Å². The number of nitrogens with one attached hydrogen (secondary N) is 1. The molecule has 0 aliphatic heterocycles. The van der Waals surface area contributed by atoms with Crippen molar-refractivity contribution in [3.05, 3.63) is 69.5 Å². The number of hydrogen-bond donors (Lipinski definition) is 1. The summed E-state index contributed by atoms with van der Waals surface area (Å²) in [5.74, 6) is 1.14. The SMILES string of the molecule is COc1ccc(N=Nc2c(C)[nH]n(-c3nc(-c4ccccc4)c(C)s3)c2=O)c(OC)c1. The van der Waals surface area contributed by atoms with Crippen LogP contribution in [0.4, 0.5) is 11.4 Å². The van der Waals surface area contributed by atoms with Crippen molar-refractivity contribution >= 4 is 22.7 Å². The van der Waals surface area contributed by atoms with E-state index in [1.54, 1.807) is 32.2 Å². The third kappa shape index (κ3) is 3.99. The zero-order valence-corrected chi connectivity index (χ0v) is 18.4. The molecule has 0 unspecified atom stereocenters. The second kappa shape index (κ2) is 8.57. The molecule has 9 heteroatoms. The number of thiazole rings is 1. The first-order valence-electron chi connectivity index (χ1n) is 9.50. The van der Waals surface area contributed by atoms with Gasteiger partial charge in [0.1, 0.15) is 17.2 Å². The number of ether oxygens (including phenoxy) is 2. The average molecular weight is 436 g/mol. The first-order valence-corrected chi connectivity index (χ1v) is 10.3. The second-order valence-corrected chi connectivity index (χ2v) is 7.91. The van der Waals surface area contributed by atoms with Crippen LogP contribution >= 0.6 is 11.3 Å². The molecular weight excluding hydrogens is 414 g/mol. The number of rotatable bonds is 6. The number of nitrogens with zero attached hydrogens (tertiary/aromatic N) is 4. The van der Waals surface area contributed by atoms with Crippen LogP contribution in [-0.2, 0) is 0 Å². The van der Waals surface area contributed by atoms with E-state index in [4.69, 9.17) is 9.47 Å². The van der Waals surface area contributed by atoms with Crippen LogP contribution in [0.15, 0.2) is 63.6 Å². The smallest absolute Gasteiger partial charge is 0.301 e. The molecule has 158 valence electrons. The van der Waals surface area contributed by atoms with Crippen LogP contribution in [0, 0.1) is 13.8 Å². The maximum Gasteiger partial charge on any atom is 0.301 e. The minimum atomic E-state index is -0.318. The van der Waals surface area contributed by atoms with Crippen molar-refractivity contribution in [2.75, 3.05) is 14.2 Å². The Kier molecular flexibility index (Phi) is 5.68. The summed E-state index contributed by atoms with van der Waals surface area (Å²) in [7, 11) is 3.11. The van der Waals surface area contributed by atoms with Crippen LogP contribution in [0.3, 0.4) is 0 Å². The third-order valence-electron chi connectivity index (χ3n) is 4.71. The molecule has 4 aromatic rings. The van der Waals surface area contributed by atoms with Gasteiger partial charge in [0, 0.05) is 16.5 Å². The van der Waals surface area contributed by atoms with E-state index in [2.05, 4.69) is 20.3 Å². The van der Waals surface area contributed by atoms with Crippen LogP contribution in [0.1, 0.15) is 10.6 Å². The van der Waals surface area contributed by atoms with Crippen LogP contribution in [0.2, 0.25) is 0 Å². The summed E-state index contributed by atoms with van der Waals surface area (Å²) in [6.45, 7) is 3.76. The summed E-state index contributed by atoms with van der Waals surface area (Å²) in [6.07, 6.45) is 0. The van der Waals surface area contributed by atoms with Gasteiger partial charge in [0.15, 0.2) is 5.69 Å². The number of aromatic nitrogens is 3. The van der Waals surface area contributed by atoms with Gasteiger partial charge in [0.25, 0.3) is 0 Å². The van der Waals surface area contributed by atoms with E-state index >= 15 is 0 Å². The van der Waals surface area contributed by atoms with Gasteiger partial charge in [-0.3, -0.25) is 9.89 Å². The van der Waals surface area contributed by atoms with Gasteiger partial charge in [-0.15, -0.1) is 10.2 Å². The molecule has 31 heavy (non-hydrogen) atoms. The minimum absolute atomic E-state index is 0.215. The summed E-state index contributed by atoms with van der Waals surface area (Å²) >= 11 is 1.44. The second-order valence-electron chi connectivity index (χ2n) is 6.73. The number of aryl methyl sites for hydroxylation is 2. The molecule has 0 saturated carbocycles. The standard InChI is InChI=1S/C22H21N5O3S/c1-13-19(25-24-17-11-10-16(29-3)12-18(17)30-4)21(28)27(26-13)22-23-20(14(2)31-22)15-8-6-5-7-9-15/h5-12,26H,1-4H3. The Morgan fingerprint density at radius 2 is 1.81 bits per heavy atom. The van der Waals surface area contributed by atoms with Crippen LogP contribution < -0.4 is 15.0 Å². The van der Waals surface area contributed by atoms with Gasteiger partial charge in [-0.2, -0.15) is 4.68 Å². The molecule has 0 amide bonds. The predicted molar refractivity (Wildman–Crippen MR) is 121 cm³/mol. The Morgan fingerprint density at radius 3 is 2.52 bits per heavy atom. The Labute approximate surface area is 182 Å². The summed E-state index contributed by atoms with van der Waals surface area (Å²) in [4.78, 5) is 18.7. The van der Waals surface area contributed by atoms with E-state index in [9.17, 15) is 4.79 Å². The van der Waals surface area contributed by atoms with Crippen molar-refractivity contribution in [1.82, 2.24) is 14.8 Å². The first kappa shape index (κ1) is 20.5. The molecule has 2 aromatic heterocycles. The molecule has 0 atom stereocenters. The average Bonchev–Trinajstić information content (AvgIpc) is 3.31. The van der Waals surface area contributed by atoms with E-state index in [0.29, 0.717) is 28.0 Å². The molecule has 0 radical (unpaired) electrons. The zero-order chi connectivity index (χ0) is 22.0. The van der Waals surface area contributed by atoms with Gasteiger partial charge >= 0.3 is 5.56 Å². The van der Waals surface area contributed by atoms with Crippen molar-refractivity contribution < 1.29 is 9.47 Å². The van der Waals surface area contributed by atoms with E-state index in [-0.39, 0.29) is 11.2 Å². The van der Waals surface area contributed by atoms with Gasteiger partial charge in [-0.25, -0.2) is 4.98 Å². The van der Waals surface area contributed by atoms with Crippen molar-refractivity contribution in [3.8, 4) is 27.9 Å². The van der Waals surface area contributed by atoms with Gasteiger partial charge in [0.2, 0.25) is 5.13 Å². The molecule has 0 fully saturated rings. The summed E-state index contributed by atoms with van der Waals surface area (Å²) in [6, 6.07) is 15.1. The van der Waals surface area contributed by atoms with Crippen LogP contribution in [0.25, 0.3) is 16.4 Å².